The van der Waals surface area contributed by atoms with E-state index in [1.165, 1.54) is 0 Å². The lowest BCUT2D eigenvalue weighted by molar-refractivity contribution is -0.789. The highest BCUT2D eigenvalue weighted by Gasteiger charge is 2.38. The minimum absolute atomic E-state index is 0.148. The fraction of sp³-hybridized carbons (Fsp3) is 0.714. The van der Waals surface area contributed by atoms with Gasteiger partial charge in [0.05, 0.1) is 0 Å². The van der Waals surface area contributed by atoms with Crippen molar-refractivity contribution in [1.82, 2.24) is 5.27 Å². The van der Waals surface area contributed by atoms with E-state index in [4.69, 9.17) is 9.84 Å². The molecule has 0 amide bonds. The SMILES string of the molecule is CC1(C)C[n+]2noc(O)c2CO1. The molecule has 0 aliphatic carbocycles. The van der Waals surface area contributed by atoms with E-state index in [9.17, 15) is 0 Å². The van der Waals surface area contributed by atoms with Gasteiger partial charge in [-0.25, -0.2) is 0 Å². The predicted molar refractivity (Wildman–Crippen MR) is 37.2 cm³/mol. The number of hydrogen-bond donors (Lipinski definition) is 1. The van der Waals surface area contributed by atoms with Gasteiger partial charge in [0.2, 0.25) is 11.8 Å². The zero-order valence-electron chi connectivity index (χ0n) is 7.07. The molecule has 12 heavy (non-hydrogen) atoms. The fourth-order valence-electron chi connectivity index (χ4n) is 1.23. The van der Waals surface area contributed by atoms with Gasteiger partial charge in [0.1, 0.15) is 12.2 Å². The zero-order chi connectivity index (χ0) is 8.77. The number of aromatic hydroxyl groups is 1. The van der Waals surface area contributed by atoms with Crippen LogP contribution < -0.4 is 4.68 Å². The van der Waals surface area contributed by atoms with Crippen LogP contribution in [0.5, 0.6) is 5.95 Å². The molecule has 66 valence electrons. The van der Waals surface area contributed by atoms with Gasteiger partial charge in [-0.3, -0.25) is 4.52 Å². The maximum atomic E-state index is 9.14. The molecule has 5 nitrogen and oxygen atoms in total. The van der Waals surface area contributed by atoms with E-state index in [2.05, 4.69) is 9.79 Å². The van der Waals surface area contributed by atoms with Crippen LogP contribution in [0.1, 0.15) is 19.5 Å². The van der Waals surface area contributed by atoms with Crippen LogP contribution in [-0.4, -0.2) is 16.0 Å². The molecule has 1 aliphatic heterocycles. The Hall–Kier alpha value is -1.10. The maximum absolute atomic E-state index is 9.14. The molecule has 0 atom stereocenters. The monoisotopic (exact) mass is 171 g/mol. The predicted octanol–water partition coefficient (Wildman–Crippen LogP) is -0.0235. The first kappa shape index (κ1) is 7.54. The van der Waals surface area contributed by atoms with E-state index in [0.717, 1.165) is 0 Å². The Bertz CT molecular complexity index is 306. The highest BCUT2D eigenvalue weighted by atomic mass is 16.6. The third kappa shape index (κ3) is 1.06. The molecule has 0 aromatic carbocycles. The van der Waals surface area contributed by atoms with Crippen LogP contribution in [0.15, 0.2) is 4.52 Å². The fourth-order valence-corrected chi connectivity index (χ4v) is 1.23. The van der Waals surface area contributed by atoms with E-state index in [1.54, 1.807) is 4.68 Å². The molecule has 2 rings (SSSR count). The van der Waals surface area contributed by atoms with Gasteiger partial charge in [-0.2, -0.15) is 0 Å². The number of hydrogen-bond acceptors (Lipinski definition) is 4. The summed E-state index contributed by atoms with van der Waals surface area (Å²) >= 11 is 0. The van der Waals surface area contributed by atoms with Crippen LogP contribution in [0.2, 0.25) is 0 Å². The van der Waals surface area contributed by atoms with Gasteiger partial charge < -0.3 is 9.84 Å². The summed E-state index contributed by atoms with van der Waals surface area (Å²) in [6.07, 6.45) is 0. The molecular weight excluding hydrogens is 160 g/mol. The van der Waals surface area contributed by atoms with Crippen molar-refractivity contribution in [2.75, 3.05) is 0 Å². The second-order valence-electron chi connectivity index (χ2n) is 3.53. The first-order chi connectivity index (χ1) is 5.58. The Balaban J connectivity index is 2.37. The second kappa shape index (κ2) is 2.20. The van der Waals surface area contributed by atoms with Crippen molar-refractivity contribution in [3.05, 3.63) is 5.69 Å². The lowest BCUT2D eigenvalue weighted by atomic mass is 10.1. The number of nitrogens with zero attached hydrogens (tertiary/aromatic N) is 2. The third-order valence-corrected chi connectivity index (χ3v) is 1.91. The van der Waals surface area contributed by atoms with E-state index in [0.29, 0.717) is 18.8 Å². The molecule has 0 spiro atoms. The van der Waals surface area contributed by atoms with Crippen LogP contribution in [0.4, 0.5) is 0 Å². The lowest BCUT2D eigenvalue weighted by Gasteiger charge is -2.22. The minimum Gasteiger partial charge on any atom is -0.475 e. The molecule has 1 aromatic rings. The Morgan fingerprint density at radius 3 is 3.08 bits per heavy atom. The molecule has 0 bridgehead atoms. The van der Waals surface area contributed by atoms with Crippen LogP contribution >= 0.6 is 0 Å². The van der Waals surface area contributed by atoms with Crippen LogP contribution in [0.3, 0.4) is 0 Å². The number of aromatic nitrogens is 2. The summed E-state index contributed by atoms with van der Waals surface area (Å²) in [5.41, 5.74) is 0.371. The van der Waals surface area contributed by atoms with Crippen molar-refractivity contribution >= 4 is 0 Å². The normalized spacial score (nSPS) is 20.5. The van der Waals surface area contributed by atoms with E-state index in [-0.39, 0.29) is 11.5 Å². The third-order valence-electron chi connectivity index (χ3n) is 1.91. The summed E-state index contributed by atoms with van der Waals surface area (Å²) in [7, 11) is 0. The van der Waals surface area contributed by atoms with Crippen molar-refractivity contribution in [2.45, 2.75) is 32.6 Å². The van der Waals surface area contributed by atoms with Gasteiger partial charge in [-0.15, -0.1) is 0 Å². The average molecular weight is 171 g/mol. The molecule has 0 saturated carbocycles. The molecular formula is C7H11N2O3+. The molecule has 0 saturated heterocycles. The van der Waals surface area contributed by atoms with Gasteiger partial charge in [0, 0.05) is 0 Å². The molecule has 0 fully saturated rings. The summed E-state index contributed by atoms with van der Waals surface area (Å²) in [5.74, 6) is -0.148. The topological polar surface area (TPSA) is 59.4 Å². The van der Waals surface area contributed by atoms with Crippen LogP contribution in [0.25, 0.3) is 0 Å². The van der Waals surface area contributed by atoms with Gasteiger partial charge in [0.25, 0.3) is 0 Å². The Kier molecular flexibility index (Phi) is 1.38. The van der Waals surface area contributed by atoms with E-state index < -0.39 is 0 Å². The van der Waals surface area contributed by atoms with Crippen LogP contribution in [-0.2, 0) is 17.9 Å². The zero-order valence-corrected chi connectivity index (χ0v) is 7.07. The Labute approximate surface area is 69.5 Å². The van der Waals surface area contributed by atoms with Crippen molar-refractivity contribution < 1.29 is 19.0 Å². The molecule has 1 N–H and O–H groups in total. The van der Waals surface area contributed by atoms with Crippen molar-refractivity contribution in [3.63, 3.8) is 0 Å². The highest BCUT2D eigenvalue weighted by molar-refractivity contribution is 5.04. The summed E-state index contributed by atoms with van der Waals surface area (Å²) in [4.78, 5) is 0. The first-order valence-electron chi connectivity index (χ1n) is 3.80. The van der Waals surface area contributed by atoms with Crippen molar-refractivity contribution in [2.24, 2.45) is 0 Å². The molecule has 2 heterocycles. The smallest absolute Gasteiger partial charge is 0.386 e. The molecule has 1 aromatic heterocycles. The number of ether oxygens (including phenoxy) is 1. The van der Waals surface area contributed by atoms with Gasteiger partial charge in [-0.05, 0) is 18.5 Å². The Morgan fingerprint density at radius 1 is 1.58 bits per heavy atom. The number of rotatable bonds is 0. The van der Waals surface area contributed by atoms with E-state index in [1.807, 2.05) is 13.8 Å². The lowest BCUT2D eigenvalue weighted by Crippen LogP contribution is -2.53. The summed E-state index contributed by atoms with van der Waals surface area (Å²) < 4.78 is 11.7. The van der Waals surface area contributed by atoms with Gasteiger partial charge in [-0.1, -0.05) is 0 Å². The van der Waals surface area contributed by atoms with Crippen molar-refractivity contribution in [3.8, 4) is 5.95 Å². The average Bonchev–Trinajstić information content (AvgIpc) is 2.30. The summed E-state index contributed by atoms with van der Waals surface area (Å²) in [5, 5.41) is 12.8. The molecule has 0 radical (unpaired) electrons. The summed E-state index contributed by atoms with van der Waals surface area (Å²) in [6, 6.07) is 0. The molecule has 0 unspecified atom stereocenters. The standard InChI is InChI=1S/C7H10N2O3/c1-7(2)4-9-5(3-11-7)6(10)12-8-9/h3-4H2,1-2H3/p+1. The first-order valence-corrected chi connectivity index (χ1v) is 3.80. The van der Waals surface area contributed by atoms with Gasteiger partial charge >= 0.3 is 11.6 Å². The largest absolute Gasteiger partial charge is 0.475 e. The summed E-state index contributed by atoms with van der Waals surface area (Å²) in [6.45, 7) is 4.89. The van der Waals surface area contributed by atoms with Gasteiger partial charge in [0.15, 0.2) is 0 Å². The molecule has 1 aliphatic rings. The quantitative estimate of drug-likeness (QED) is 0.557. The molecule has 5 heteroatoms. The maximum Gasteiger partial charge on any atom is 0.386 e. The second-order valence-corrected chi connectivity index (χ2v) is 3.53. The number of fused-ring (bicyclic) bond motifs is 1. The van der Waals surface area contributed by atoms with Crippen LogP contribution in [0, 0.1) is 0 Å². The minimum atomic E-state index is -0.235. The van der Waals surface area contributed by atoms with E-state index >= 15 is 0 Å². The highest BCUT2D eigenvalue weighted by Crippen LogP contribution is 2.21. The Morgan fingerprint density at radius 2 is 2.33 bits per heavy atom. The van der Waals surface area contributed by atoms with Crippen molar-refractivity contribution in [1.29, 1.82) is 0 Å².